The standard InChI is InChI=1S/C13H19NO/c1-5-9(2)6-13(15)12-7-10(3)14-11(4)8-12/h7-9H,5-6H2,1-4H3. The summed E-state index contributed by atoms with van der Waals surface area (Å²) in [6, 6.07) is 3.75. The number of hydrogen-bond donors (Lipinski definition) is 0. The highest BCUT2D eigenvalue weighted by Gasteiger charge is 2.10. The Kier molecular flexibility index (Phi) is 4.01. The number of ketones is 1. The molecule has 0 bridgehead atoms. The van der Waals surface area contributed by atoms with Gasteiger partial charge < -0.3 is 0 Å². The summed E-state index contributed by atoms with van der Waals surface area (Å²) in [5.41, 5.74) is 2.64. The summed E-state index contributed by atoms with van der Waals surface area (Å²) in [6.07, 6.45) is 1.69. The van der Waals surface area contributed by atoms with Crippen molar-refractivity contribution in [2.45, 2.75) is 40.5 Å². The van der Waals surface area contributed by atoms with Crippen LogP contribution in [0.25, 0.3) is 0 Å². The summed E-state index contributed by atoms with van der Waals surface area (Å²) in [5.74, 6) is 0.698. The van der Waals surface area contributed by atoms with Gasteiger partial charge in [0.1, 0.15) is 0 Å². The van der Waals surface area contributed by atoms with Gasteiger partial charge >= 0.3 is 0 Å². The maximum atomic E-state index is 11.9. The molecular formula is C13H19NO. The number of carbonyl (C=O) groups is 1. The second kappa shape index (κ2) is 5.06. The van der Waals surface area contributed by atoms with Gasteiger partial charge in [0, 0.05) is 23.4 Å². The molecule has 1 unspecified atom stereocenters. The van der Waals surface area contributed by atoms with Crippen LogP contribution in [0.4, 0.5) is 0 Å². The van der Waals surface area contributed by atoms with Crippen LogP contribution in [0.15, 0.2) is 12.1 Å². The molecule has 0 aliphatic carbocycles. The van der Waals surface area contributed by atoms with Gasteiger partial charge in [-0.15, -0.1) is 0 Å². The number of Topliss-reactive ketones (excluding diaryl/α,β-unsaturated/α-hetero) is 1. The van der Waals surface area contributed by atoms with Crippen LogP contribution in [0.3, 0.4) is 0 Å². The number of aryl methyl sites for hydroxylation is 2. The zero-order chi connectivity index (χ0) is 11.4. The Hall–Kier alpha value is -1.18. The first-order chi connectivity index (χ1) is 7.02. The van der Waals surface area contributed by atoms with Crippen molar-refractivity contribution in [1.29, 1.82) is 0 Å². The van der Waals surface area contributed by atoms with Crippen molar-refractivity contribution in [3.05, 3.63) is 29.1 Å². The van der Waals surface area contributed by atoms with Crippen LogP contribution < -0.4 is 0 Å². The first kappa shape index (κ1) is 11.9. The Morgan fingerprint density at radius 1 is 1.33 bits per heavy atom. The Bertz CT molecular complexity index is 337. The molecule has 0 aliphatic rings. The highest BCUT2D eigenvalue weighted by Crippen LogP contribution is 2.13. The van der Waals surface area contributed by atoms with E-state index in [-0.39, 0.29) is 5.78 Å². The number of hydrogen-bond acceptors (Lipinski definition) is 2. The van der Waals surface area contributed by atoms with Crippen LogP contribution in [-0.4, -0.2) is 10.8 Å². The van der Waals surface area contributed by atoms with Crippen LogP contribution in [0.1, 0.15) is 48.4 Å². The molecule has 0 saturated heterocycles. The van der Waals surface area contributed by atoms with Gasteiger partial charge in [-0.3, -0.25) is 9.78 Å². The molecule has 2 heteroatoms. The third-order valence-electron chi connectivity index (χ3n) is 2.63. The summed E-state index contributed by atoms with van der Waals surface area (Å²) in [7, 11) is 0. The number of carbonyl (C=O) groups excluding carboxylic acids is 1. The second-order valence-electron chi connectivity index (χ2n) is 4.28. The van der Waals surface area contributed by atoms with E-state index in [4.69, 9.17) is 0 Å². The van der Waals surface area contributed by atoms with Gasteiger partial charge in [-0.25, -0.2) is 0 Å². The fourth-order valence-corrected chi connectivity index (χ4v) is 1.57. The van der Waals surface area contributed by atoms with Crippen molar-refractivity contribution in [2.24, 2.45) is 5.92 Å². The maximum absolute atomic E-state index is 11.9. The van der Waals surface area contributed by atoms with E-state index in [2.05, 4.69) is 18.8 Å². The molecule has 15 heavy (non-hydrogen) atoms. The van der Waals surface area contributed by atoms with Crippen molar-refractivity contribution in [3.8, 4) is 0 Å². The molecule has 0 amide bonds. The molecule has 82 valence electrons. The molecule has 1 rings (SSSR count). The summed E-state index contributed by atoms with van der Waals surface area (Å²) >= 11 is 0. The quantitative estimate of drug-likeness (QED) is 0.706. The molecule has 0 aliphatic heterocycles. The summed E-state index contributed by atoms with van der Waals surface area (Å²) in [6.45, 7) is 8.07. The van der Waals surface area contributed by atoms with Gasteiger partial charge in [0.05, 0.1) is 0 Å². The number of nitrogens with zero attached hydrogens (tertiary/aromatic N) is 1. The predicted molar refractivity (Wildman–Crippen MR) is 62.1 cm³/mol. The van der Waals surface area contributed by atoms with Crippen molar-refractivity contribution in [3.63, 3.8) is 0 Å². The number of pyridine rings is 1. The molecule has 0 fully saturated rings. The van der Waals surface area contributed by atoms with Crippen molar-refractivity contribution >= 4 is 5.78 Å². The van der Waals surface area contributed by atoms with Crippen LogP contribution in [0.2, 0.25) is 0 Å². The molecule has 0 spiro atoms. The summed E-state index contributed by atoms with van der Waals surface area (Å²) in [4.78, 5) is 16.2. The van der Waals surface area contributed by atoms with Gasteiger partial charge in [-0.1, -0.05) is 20.3 Å². The van der Waals surface area contributed by atoms with Crippen LogP contribution >= 0.6 is 0 Å². The minimum Gasteiger partial charge on any atom is -0.294 e. The van der Waals surface area contributed by atoms with Gasteiger partial charge in [-0.2, -0.15) is 0 Å². The van der Waals surface area contributed by atoms with E-state index in [1.807, 2.05) is 26.0 Å². The first-order valence-electron chi connectivity index (χ1n) is 5.51. The molecule has 0 aromatic carbocycles. The average Bonchev–Trinajstić information content (AvgIpc) is 2.16. The smallest absolute Gasteiger partial charge is 0.163 e. The molecule has 1 aromatic rings. The predicted octanol–water partition coefficient (Wildman–Crippen LogP) is 3.32. The Morgan fingerprint density at radius 2 is 1.87 bits per heavy atom. The minimum atomic E-state index is 0.234. The minimum absolute atomic E-state index is 0.234. The van der Waals surface area contributed by atoms with E-state index in [1.54, 1.807) is 0 Å². The molecular weight excluding hydrogens is 186 g/mol. The van der Waals surface area contributed by atoms with Gasteiger partial charge in [-0.05, 0) is 31.9 Å². The summed E-state index contributed by atoms with van der Waals surface area (Å²) < 4.78 is 0. The van der Waals surface area contributed by atoms with Crippen LogP contribution in [0, 0.1) is 19.8 Å². The van der Waals surface area contributed by atoms with Crippen LogP contribution in [0.5, 0.6) is 0 Å². The van der Waals surface area contributed by atoms with E-state index in [0.29, 0.717) is 12.3 Å². The van der Waals surface area contributed by atoms with E-state index in [0.717, 1.165) is 23.4 Å². The van der Waals surface area contributed by atoms with Crippen molar-refractivity contribution in [2.75, 3.05) is 0 Å². The lowest BCUT2D eigenvalue weighted by molar-refractivity contribution is 0.0963. The highest BCUT2D eigenvalue weighted by molar-refractivity contribution is 5.96. The van der Waals surface area contributed by atoms with E-state index in [9.17, 15) is 4.79 Å². The zero-order valence-corrected chi connectivity index (χ0v) is 10.0. The number of aromatic nitrogens is 1. The topological polar surface area (TPSA) is 30.0 Å². The fraction of sp³-hybridized carbons (Fsp3) is 0.538. The Labute approximate surface area is 91.7 Å². The van der Waals surface area contributed by atoms with E-state index >= 15 is 0 Å². The lowest BCUT2D eigenvalue weighted by Crippen LogP contribution is -2.06. The molecule has 2 nitrogen and oxygen atoms in total. The van der Waals surface area contributed by atoms with E-state index in [1.165, 1.54) is 0 Å². The second-order valence-corrected chi connectivity index (χ2v) is 4.28. The SMILES string of the molecule is CCC(C)CC(=O)c1cc(C)nc(C)c1. The number of rotatable bonds is 4. The average molecular weight is 205 g/mol. The molecule has 1 aromatic heterocycles. The molecule has 1 atom stereocenters. The lowest BCUT2D eigenvalue weighted by atomic mass is 9.97. The fourth-order valence-electron chi connectivity index (χ4n) is 1.57. The molecule has 1 heterocycles. The normalized spacial score (nSPS) is 12.5. The van der Waals surface area contributed by atoms with Gasteiger partial charge in [0.25, 0.3) is 0 Å². The van der Waals surface area contributed by atoms with Gasteiger partial charge in [0.2, 0.25) is 0 Å². The molecule has 0 radical (unpaired) electrons. The third-order valence-corrected chi connectivity index (χ3v) is 2.63. The third kappa shape index (κ3) is 3.46. The van der Waals surface area contributed by atoms with Crippen LogP contribution in [-0.2, 0) is 0 Å². The molecule has 0 N–H and O–H groups in total. The Morgan fingerprint density at radius 3 is 2.33 bits per heavy atom. The maximum Gasteiger partial charge on any atom is 0.163 e. The molecule has 0 saturated carbocycles. The Balaban J connectivity index is 2.82. The lowest BCUT2D eigenvalue weighted by Gasteiger charge is -2.08. The van der Waals surface area contributed by atoms with Crippen molar-refractivity contribution in [1.82, 2.24) is 4.98 Å². The summed E-state index contributed by atoms with van der Waals surface area (Å²) in [5, 5.41) is 0. The van der Waals surface area contributed by atoms with Crippen molar-refractivity contribution < 1.29 is 4.79 Å². The first-order valence-corrected chi connectivity index (χ1v) is 5.51. The monoisotopic (exact) mass is 205 g/mol. The largest absolute Gasteiger partial charge is 0.294 e. The van der Waals surface area contributed by atoms with E-state index < -0.39 is 0 Å². The highest BCUT2D eigenvalue weighted by atomic mass is 16.1. The van der Waals surface area contributed by atoms with Gasteiger partial charge in [0.15, 0.2) is 5.78 Å². The zero-order valence-electron chi connectivity index (χ0n) is 10.0.